The summed E-state index contributed by atoms with van der Waals surface area (Å²) in [5, 5.41) is 0. The van der Waals surface area contributed by atoms with Crippen molar-refractivity contribution in [3.8, 4) is 11.5 Å². The molecule has 0 amide bonds. The molecule has 2 rings (SSSR count). The molecule has 1 fully saturated rings. The van der Waals surface area contributed by atoms with Crippen molar-refractivity contribution in [3.05, 3.63) is 23.8 Å². The van der Waals surface area contributed by atoms with Gasteiger partial charge in [0.15, 0.2) is 11.5 Å². The molecule has 7 nitrogen and oxygen atoms in total. The van der Waals surface area contributed by atoms with Crippen molar-refractivity contribution >= 4 is 10.2 Å². The molecule has 1 unspecified atom stereocenters. The second-order valence-corrected chi connectivity index (χ2v) is 6.90. The molecule has 1 saturated heterocycles. The van der Waals surface area contributed by atoms with Gasteiger partial charge in [0.25, 0.3) is 10.2 Å². The minimum absolute atomic E-state index is 0.370. The highest BCUT2D eigenvalue weighted by Crippen LogP contribution is 2.30. The van der Waals surface area contributed by atoms with Gasteiger partial charge in [-0.1, -0.05) is 6.07 Å². The third kappa shape index (κ3) is 4.57. The van der Waals surface area contributed by atoms with Crippen LogP contribution in [0.15, 0.2) is 18.2 Å². The number of benzene rings is 1. The van der Waals surface area contributed by atoms with Gasteiger partial charge < -0.3 is 14.2 Å². The topological polar surface area (TPSA) is 77.1 Å². The van der Waals surface area contributed by atoms with E-state index in [4.69, 9.17) is 14.2 Å². The van der Waals surface area contributed by atoms with Gasteiger partial charge in [-0.3, -0.25) is 0 Å². The van der Waals surface area contributed by atoms with E-state index in [1.54, 1.807) is 26.2 Å². The van der Waals surface area contributed by atoms with Crippen LogP contribution in [0.2, 0.25) is 0 Å². The maximum absolute atomic E-state index is 12.4. The third-order valence-electron chi connectivity index (χ3n) is 3.62. The Hall–Kier alpha value is -1.35. The smallest absolute Gasteiger partial charge is 0.280 e. The van der Waals surface area contributed by atoms with Crippen molar-refractivity contribution in [2.45, 2.75) is 19.9 Å². The first-order valence-corrected chi connectivity index (χ1v) is 9.07. The van der Waals surface area contributed by atoms with Gasteiger partial charge in [-0.2, -0.15) is 17.4 Å². The van der Waals surface area contributed by atoms with Gasteiger partial charge in [0, 0.05) is 19.1 Å². The lowest BCUT2D eigenvalue weighted by Crippen LogP contribution is -2.47. The molecule has 0 saturated carbocycles. The van der Waals surface area contributed by atoms with Crippen LogP contribution in [0.4, 0.5) is 0 Å². The molecule has 0 bridgehead atoms. The first-order valence-electron chi connectivity index (χ1n) is 7.63. The van der Waals surface area contributed by atoms with Crippen LogP contribution in [0, 0.1) is 0 Å². The van der Waals surface area contributed by atoms with E-state index < -0.39 is 10.2 Å². The molecule has 0 aromatic heterocycles. The quantitative estimate of drug-likeness (QED) is 0.807. The molecule has 1 aromatic carbocycles. The predicted octanol–water partition coefficient (Wildman–Crippen LogP) is 1.32. The molecule has 0 spiro atoms. The fourth-order valence-electron chi connectivity index (χ4n) is 2.38. The van der Waals surface area contributed by atoms with Gasteiger partial charge in [-0.15, -0.1) is 0 Å². The van der Waals surface area contributed by atoms with E-state index in [-0.39, 0.29) is 6.04 Å². The number of hydrogen-bond acceptors (Lipinski definition) is 5. The van der Waals surface area contributed by atoms with Crippen LogP contribution in [-0.2, 0) is 14.9 Å². The Kier molecular flexibility index (Phi) is 6.23. The summed E-state index contributed by atoms with van der Waals surface area (Å²) in [6.45, 7) is 5.82. The van der Waals surface area contributed by atoms with Gasteiger partial charge in [0.1, 0.15) is 0 Å². The van der Waals surface area contributed by atoms with Gasteiger partial charge in [-0.05, 0) is 31.5 Å². The second-order valence-electron chi connectivity index (χ2n) is 5.20. The molecule has 0 radical (unpaired) electrons. The minimum Gasteiger partial charge on any atom is -0.493 e. The Labute approximate surface area is 137 Å². The number of hydrogen-bond donors (Lipinski definition) is 1. The lowest BCUT2D eigenvalue weighted by molar-refractivity contribution is 0.0723. The first kappa shape index (κ1) is 18.0. The molecule has 1 N–H and O–H groups in total. The van der Waals surface area contributed by atoms with Gasteiger partial charge in [-0.25, -0.2) is 0 Å². The van der Waals surface area contributed by atoms with Crippen LogP contribution < -0.4 is 14.2 Å². The van der Waals surface area contributed by atoms with Crippen molar-refractivity contribution < 1.29 is 22.6 Å². The lowest BCUT2D eigenvalue weighted by atomic mass is 10.1. The molecular formula is C15H24N2O5S. The summed E-state index contributed by atoms with van der Waals surface area (Å²) in [4.78, 5) is 0. The monoisotopic (exact) mass is 344 g/mol. The van der Waals surface area contributed by atoms with Gasteiger partial charge in [0.05, 0.1) is 26.9 Å². The third-order valence-corrected chi connectivity index (χ3v) is 5.32. The molecule has 1 aliphatic heterocycles. The highest BCUT2D eigenvalue weighted by molar-refractivity contribution is 7.87. The standard InChI is InChI=1S/C15H24N2O5S/c1-4-22-14-6-5-13(11-15(14)20-3)12(2)16-23(18,19)17-7-9-21-10-8-17/h5-6,11-12,16H,4,7-10H2,1-3H3. The second kappa shape index (κ2) is 7.96. The van der Waals surface area contributed by atoms with E-state index in [2.05, 4.69) is 4.72 Å². The average Bonchev–Trinajstić information content (AvgIpc) is 2.56. The SMILES string of the molecule is CCOc1ccc(C(C)NS(=O)(=O)N2CCOCC2)cc1OC. The highest BCUT2D eigenvalue weighted by atomic mass is 32.2. The summed E-state index contributed by atoms with van der Waals surface area (Å²) in [5.41, 5.74) is 0.808. The van der Waals surface area contributed by atoms with Crippen molar-refractivity contribution in [1.29, 1.82) is 0 Å². The molecule has 1 heterocycles. The van der Waals surface area contributed by atoms with Crippen LogP contribution in [0.1, 0.15) is 25.5 Å². The Morgan fingerprint density at radius 2 is 2.00 bits per heavy atom. The number of nitrogens with one attached hydrogen (secondary N) is 1. The van der Waals surface area contributed by atoms with Crippen molar-refractivity contribution in [3.63, 3.8) is 0 Å². The summed E-state index contributed by atoms with van der Waals surface area (Å²) < 4.78 is 44.9. The fourth-order valence-corrected chi connectivity index (χ4v) is 3.74. The Morgan fingerprint density at radius 3 is 2.61 bits per heavy atom. The molecule has 23 heavy (non-hydrogen) atoms. The molecule has 8 heteroatoms. The average molecular weight is 344 g/mol. The van der Waals surface area contributed by atoms with Crippen molar-refractivity contribution in [2.24, 2.45) is 0 Å². The predicted molar refractivity (Wildman–Crippen MR) is 87.0 cm³/mol. The van der Waals surface area contributed by atoms with E-state index in [0.717, 1.165) is 5.56 Å². The number of morpholine rings is 1. The maximum Gasteiger partial charge on any atom is 0.280 e. The van der Waals surface area contributed by atoms with E-state index in [1.807, 2.05) is 13.0 Å². The number of rotatable bonds is 7. The summed E-state index contributed by atoms with van der Waals surface area (Å²) in [5.74, 6) is 1.23. The molecule has 1 atom stereocenters. The first-order chi connectivity index (χ1) is 11.0. The van der Waals surface area contributed by atoms with Crippen molar-refractivity contribution in [2.75, 3.05) is 40.0 Å². The summed E-state index contributed by atoms with van der Waals surface area (Å²) in [6.07, 6.45) is 0. The zero-order valence-corrected chi connectivity index (χ0v) is 14.6. The summed E-state index contributed by atoms with van der Waals surface area (Å²) in [6, 6.07) is 5.03. The Bertz CT molecular complexity index is 614. The van der Waals surface area contributed by atoms with Crippen LogP contribution in [0.25, 0.3) is 0 Å². The van der Waals surface area contributed by atoms with E-state index >= 15 is 0 Å². The van der Waals surface area contributed by atoms with E-state index in [9.17, 15) is 8.42 Å². The Balaban J connectivity index is 2.11. The number of nitrogens with zero attached hydrogens (tertiary/aromatic N) is 1. The van der Waals surface area contributed by atoms with Gasteiger partial charge >= 0.3 is 0 Å². The highest BCUT2D eigenvalue weighted by Gasteiger charge is 2.26. The lowest BCUT2D eigenvalue weighted by Gasteiger charge is -2.28. The molecular weight excluding hydrogens is 320 g/mol. The zero-order valence-electron chi connectivity index (χ0n) is 13.7. The Morgan fingerprint density at radius 1 is 1.30 bits per heavy atom. The summed E-state index contributed by atoms with van der Waals surface area (Å²) in [7, 11) is -1.98. The zero-order chi connectivity index (χ0) is 16.9. The molecule has 1 aromatic rings. The molecule has 0 aliphatic carbocycles. The van der Waals surface area contributed by atoms with Crippen molar-refractivity contribution in [1.82, 2.24) is 9.03 Å². The maximum atomic E-state index is 12.4. The van der Waals surface area contributed by atoms with Crippen LogP contribution in [0.3, 0.4) is 0 Å². The van der Waals surface area contributed by atoms with Gasteiger partial charge in [0.2, 0.25) is 0 Å². The molecule has 130 valence electrons. The normalized spacial score (nSPS) is 17.7. The van der Waals surface area contributed by atoms with E-state index in [1.165, 1.54) is 4.31 Å². The number of ether oxygens (including phenoxy) is 3. The van der Waals surface area contributed by atoms with E-state index in [0.29, 0.717) is 44.4 Å². The number of methoxy groups -OCH3 is 1. The summed E-state index contributed by atoms with van der Waals surface area (Å²) >= 11 is 0. The largest absolute Gasteiger partial charge is 0.493 e. The van der Waals surface area contributed by atoms with Crippen LogP contribution in [-0.4, -0.2) is 52.7 Å². The molecule has 1 aliphatic rings. The van der Waals surface area contributed by atoms with Crippen LogP contribution >= 0.6 is 0 Å². The minimum atomic E-state index is -3.54. The fraction of sp³-hybridized carbons (Fsp3) is 0.600. The van der Waals surface area contributed by atoms with Crippen LogP contribution in [0.5, 0.6) is 11.5 Å².